The number of ether oxygens (including phenoxy) is 1. The second kappa shape index (κ2) is 5.90. The zero-order valence-electron chi connectivity index (χ0n) is 9.58. The third-order valence-electron chi connectivity index (χ3n) is 2.94. The maximum Gasteiger partial charge on any atom is 0.101 e. The van der Waals surface area contributed by atoms with E-state index in [1.54, 1.807) is 12.1 Å². The van der Waals surface area contributed by atoms with Gasteiger partial charge in [-0.15, -0.1) is 0 Å². The first kappa shape index (κ1) is 12.2. The molecule has 3 nitrogen and oxygen atoms in total. The van der Waals surface area contributed by atoms with Crippen molar-refractivity contribution < 1.29 is 4.74 Å². The van der Waals surface area contributed by atoms with Gasteiger partial charge in [-0.05, 0) is 37.0 Å². The Bertz CT molecular complexity index is 422. The summed E-state index contributed by atoms with van der Waals surface area (Å²) in [7, 11) is 0. The first-order valence-electron chi connectivity index (χ1n) is 5.81. The van der Waals surface area contributed by atoms with E-state index in [-0.39, 0.29) is 0 Å². The van der Waals surface area contributed by atoms with Crippen molar-refractivity contribution in [1.82, 2.24) is 0 Å². The number of halogens is 1. The number of nitriles is 1. The molecule has 1 saturated heterocycles. The summed E-state index contributed by atoms with van der Waals surface area (Å²) in [5, 5.41) is 12.6. The van der Waals surface area contributed by atoms with Gasteiger partial charge in [-0.25, -0.2) is 0 Å². The first-order chi connectivity index (χ1) is 8.29. The summed E-state index contributed by atoms with van der Waals surface area (Å²) >= 11 is 5.96. The minimum atomic E-state index is 0.498. The molecule has 4 heteroatoms. The summed E-state index contributed by atoms with van der Waals surface area (Å²) in [4.78, 5) is 0. The third-order valence-corrected chi connectivity index (χ3v) is 3.25. The molecular weight excluding hydrogens is 236 g/mol. The van der Waals surface area contributed by atoms with E-state index in [1.807, 2.05) is 12.1 Å². The lowest BCUT2D eigenvalue weighted by Crippen LogP contribution is -2.24. The van der Waals surface area contributed by atoms with E-state index < -0.39 is 0 Å². The largest absolute Gasteiger partial charge is 0.385 e. The second-order valence-electron chi connectivity index (χ2n) is 4.27. The molecule has 1 N–H and O–H groups in total. The molecule has 0 amide bonds. The number of nitrogens with zero attached hydrogens (tertiary/aromatic N) is 1. The average molecular weight is 251 g/mol. The first-order valence-corrected chi connectivity index (χ1v) is 6.18. The summed E-state index contributed by atoms with van der Waals surface area (Å²) in [6.45, 7) is 2.61. The van der Waals surface area contributed by atoms with E-state index in [4.69, 9.17) is 21.6 Å². The van der Waals surface area contributed by atoms with Crippen molar-refractivity contribution >= 4 is 17.3 Å². The number of benzene rings is 1. The van der Waals surface area contributed by atoms with Crippen molar-refractivity contribution in [3.63, 3.8) is 0 Å². The van der Waals surface area contributed by atoms with E-state index in [2.05, 4.69) is 5.32 Å². The maximum atomic E-state index is 8.77. The monoisotopic (exact) mass is 250 g/mol. The molecule has 2 rings (SSSR count). The SMILES string of the molecule is N#Cc1ccc(NCC2CCCOC2)cc1Cl. The van der Waals surface area contributed by atoms with Crippen LogP contribution in [-0.2, 0) is 4.74 Å². The van der Waals surface area contributed by atoms with E-state index in [1.165, 1.54) is 6.42 Å². The van der Waals surface area contributed by atoms with Crippen LogP contribution in [0, 0.1) is 17.2 Å². The molecule has 1 heterocycles. The molecule has 0 aromatic heterocycles. The molecule has 0 aliphatic carbocycles. The standard InChI is InChI=1S/C13H15ClN2O/c14-13-6-12(4-3-11(13)7-15)16-8-10-2-1-5-17-9-10/h3-4,6,10,16H,1-2,5,8-9H2. The molecule has 1 aromatic carbocycles. The van der Waals surface area contributed by atoms with Gasteiger partial charge < -0.3 is 10.1 Å². The summed E-state index contributed by atoms with van der Waals surface area (Å²) in [6.07, 6.45) is 2.34. The highest BCUT2D eigenvalue weighted by atomic mass is 35.5. The minimum Gasteiger partial charge on any atom is -0.385 e. The molecule has 1 aliphatic rings. The highest BCUT2D eigenvalue weighted by Gasteiger charge is 2.13. The molecule has 1 fully saturated rings. The fourth-order valence-electron chi connectivity index (χ4n) is 1.95. The van der Waals surface area contributed by atoms with Crippen LogP contribution in [0.4, 0.5) is 5.69 Å². The molecular formula is C13H15ClN2O. The lowest BCUT2D eigenvalue weighted by atomic mass is 10.0. The highest BCUT2D eigenvalue weighted by molar-refractivity contribution is 6.32. The second-order valence-corrected chi connectivity index (χ2v) is 4.68. The van der Waals surface area contributed by atoms with E-state index in [0.29, 0.717) is 16.5 Å². The Morgan fingerprint density at radius 2 is 2.41 bits per heavy atom. The average Bonchev–Trinajstić information content (AvgIpc) is 2.38. The summed E-state index contributed by atoms with van der Waals surface area (Å²) in [6, 6.07) is 7.46. The predicted molar refractivity (Wildman–Crippen MR) is 68.2 cm³/mol. The topological polar surface area (TPSA) is 45.0 Å². The van der Waals surface area contributed by atoms with E-state index in [9.17, 15) is 0 Å². The van der Waals surface area contributed by atoms with Gasteiger partial charge >= 0.3 is 0 Å². The molecule has 90 valence electrons. The molecule has 1 atom stereocenters. The Morgan fingerprint density at radius 3 is 3.06 bits per heavy atom. The van der Waals surface area contributed by atoms with Gasteiger partial charge in [0.1, 0.15) is 6.07 Å². The number of nitrogens with one attached hydrogen (secondary N) is 1. The van der Waals surface area contributed by atoms with Gasteiger partial charge in [-0.1, -0.05) is 11.6 Å². The molecule has 17 heavy (non-hydrogen) atoms. The Hall–Kier alpha value is -1.24. The number of rotatable bonds is 3. The van der Waals surface area contributed by atoms with Crippen molar-refractivity contribution in [2.45, 2.75) is 12.8 Å². The Kier molecular flexibility index (Phi) is 4.24. The van der Waals surface area contributed by atoms with Crippen LogP contribution < -0.4 is 5.32 Å². The number of anilines is 1. The normalized spacial score (nSPS) is 19.6. The summed E-state index contributed by atoms with van der Waals surface area (Å²) in [5.41, 5.74) is 1.47. The van der Waals surface area contributed by atoms with Crippen molar-refractivity contribution in [3.8, 4) is 6.07 Å². The van der Waals surface area contributed by atoms with Crippen molar-refractivity contribution in [3.05, 3.63) is 28.8 Å². The maximum absolute atomic E-state index is 8.77. The van der Waals surface area contributed by atoms with E-state index >= 15 is 0 Å². The Morgan fingerprint density at radius 1 is 1.53 bits per heavy atom. The molecule has 1 unspecified atom stereocenters. The molecule has 0 radical (unpaired) electrons. The fraction of sp³-hybridized carbons (Fsp3) is 0.462. The van der Waals surface area contributed by atoms with Crippen LogP contribution in [0.2, 0.25) is 5.02 Å². The van der Waals surface area contributed by atoms with Gasteiger partial charge in [0.25, 0.3) is 0 Å². The van der Waals surface area contributed by atoms with Crippen LogP contribution in [0.5, 0.6) is 0 Å². The zero-order chi connectivity index (χ0) is 12.1. The molecule has 0 saturated carbocycles. The summed E-state index contributed by atoms with van der Waals surface area (Å²) in [5.74, 6) is 0.568. The number of hydrogen-bond acceptors (Lipinski definition) is 3. The fourth-order valence-corrected chi connectivity index (χ4v) is 2.17. The van der Waals surface area contributed by atoms with Crippen molar-refractivity contribution in [2.75, 3.05) is 25.1 Å². The van der Waals surface area contributed by atoms with Crippen molar-refractivity contribution in [1.29, 1.82) is 5.26 Å². The molecule has 0 spiro atoms. The van der Waals surface area contributed by atoms with E-state index in [0.717, 1.165) is 31.9 Å². The van der Waals surface area contributed by atoms with Gasteiger partial charge in [0.15, 0.2) is 0 Å². The lowest BCUT2D eigenvalue weighted by molar-refractivity contribution is 0.0595. The van der Waals surface area contributed by atoms with Crippen LogP contribution in [0.3, 0.4) is 0 Å². The number of hydrogen-bond donors (Lipinski definition) is 1. The van der Waals surface area contributed by atoms with Crippen LogP contribution in [-0.4, -0.2) is 19.8 Å². The van der Waals surface area contributed by atoms with Gasteiger partial charge in [-0.2, -0.15) is 5.26 Å². The Labute approximate surface area is 106 Å². The highest BCUT2D eigenvalue weighted by Crippen LogP contribution is 2.21. The summed E-state index contributed by atoms with van der Waals surface area (Å²) < 4.78 is 5.42. The van der Waals surface area contributed by atoms with Gasteiger partial charge in [-0.3, -0.25) is 0 Å². The van der Waals surface area contributed by atoms with Crippen LogP contribution in [0.1, 0.15) is 18.4 Å². The Balaban J connectivity index is 1.90. The van der Waals surface area contributed by atoms with Crippen LogP contribution >= 0.6 is 11.6 Å². The van der Waals surface area contributed by atoms with Crippen molar-refractivity contribution in [2.24, 2.45) is 5.92 Å². The zero-order valence-corrected chi connectivity index (χ0v) is 10.3. The minimum absolute atomic E-state index is 0.498. The van der Waals surface area contributed by atoms with Crippen LogP contribution in [0.25, 0.3) is 0 Å². The molecule has 0 bridgehead atoms. The quantitative estimate of drug-likeness (QED) is 0.897. The van der Waals surface area contributed by atoms with Gasteiger partial charge in [0.05, 0.1) is 17.2 Å². The van der Waals surface area contributed by atoms with Gasteiger partial charge in [0, 0.05) is 18.8 Å². The third kappa shape index (κ3) is 3.36. The molecule has 1 aliphatic heterocycles. The molecule has 1 aromatic rings. The smallest absolute Gasteiger partial charge is 0.101 e. The van der Waals surface area contributed by atoms with Crippen LogP contribution in [0.15, 0.2) is 18.2 Å². The predicted octanol–water partition coefficient (Wildman–Crippen LogP) is 3.05. The lowest BCUT2D eigenvalue weighted by Gasteiger charge is -2.22. The van der Waals surface area contributed by atoms with Gasteiger partial charge in [0.2, 0.25) is 0 Å².